The Hall–Kier alpha value is -2.34. The number of aliphatic hydroxyl groups is 1. The average molecular weight is 419 g/mol. The van der Waals surface area contributed by atoms with Crippen molar-refractivity contribution >= 4 is 23.2 Å². The summed E-state index contributed by atoms with van der Waals surface area (Å²) >= 11 is 12.6. The van der Waals surface area contributed by atoms with Crippen LogP contribution in [0.15, 0.2) is 55.1 Å². The molecular weight excluding hydrogens is 399 g/mol. The monoisotopic (exact) mass is 418 g/mol. The molecule has 1 unspecified atom stereocenters. The lowest BCUT2D eigenvalue weighted by molar-refractivity contribution is 0.278. The van der Waals surface area contributed by atoms with E-state index in [2.05, 4.69) is 9.97 Å². The van der Waals surface area contributed by atoms with Gasteiger partial charge in [-0.25, -0.2) is 0 Å². The van der Waals surface area contributed by atoms with Gasteiger partial charge in [0.2, 0.25) is 0 Å². The number of aromatic nitrogens is 2. The average Bonchev–Trinajstić information content (AvgIpc) is 2.71. The SMILES string of the molecule is COc1ccc(C(CO)c2c(Cl)cncc2Cl)cc1OCCc1cccnc1. The van der Waals surface area contributed by atoms with Crippen molar-refractivity contribution in [3.05, 3.63) is 81.9 Å². The first-order valence-electron chi connectivity index (χ1n) is 8.73. The van der Waals surface area contributed by atoms with Gasteiger partial charge in [-0.1, -0.05) is 35.3 Å². The zero-order chi connectivity index (χ0) is 19.9. The van der Waals surface area contributed by atoms with Gasteiger partial charge in [0, 0.05) is 42.7 Å². The Bertz CT molecular complexity index is 903. The summed E-state index contributed by atoms with van der Waals surface area (Å²) in [7, 11) is 1.59. The summed E-state index contributed by atoms with van der Waals surface area (Å²) in [6.45, 7) is 0.303. The molecule has 0 aliphatic heterocycles. The van der Waals surface area contributed by atoms with Gasteiger partial charge < -0.3 is 14.6 Å². The summed E-state index contributed by atoms with van der Waals surface area (Å²) in [5.74, 6) is 0.789. The van der Waals surface area contributed by atoms with E-state index in [0.717, 1.165) is 11.1 Å². The molecule has 0 aliphatic rings. The number of ether oxygens (including phenoxy) is 2. The van der Waals surface area contributed by atoms with Gasteiger partial charge in [0.25, 0.3) is 0 Å². The van der Waals surface area contributed by atoms with E-state index in [1.807, 2.05) is 30.5 Å². The Morgan fingerprint density at radius 1 is 1.04 bits per heavy atom. The van der Waals surface area contributed by atoms with Crippen LogP contribution < -0.4 is 9.47 Å². The number of hydrogen-bond acceptors (Lipinski definition) is 5. The molecule has 0 fully saturated rings. The predicted octanol–water partition coefficient (Wildman–Crippen LogP) is 4.54. The highest BCUT2D eigenvalue weighted by Crippen LogP contribution is 2.38. The molecule has 0 saturated carbocycles. The molecule has 0 bridgehead atoms. The lowest BCUT2D eigenvalue weighted by Gasteiger charge is -2.20. The molecular formula is C21H20Cl2N2O3. The molecule has 1 N–H and O–H groups in total. The number of nitrogens with zero attached hydrogens (tertiary/aromatic N) is 2. The summed E-state index contributed by atoms with van der Waals surface area (Å²) in [4.78, 5) is 8.08. The second-order valence-corrected chi connectivity index (χ2v) is 6.94. The Labute approximate surface area is 173 Å². The van der Waals surface area contributed by atoms with Crippen molar-refractivity contribution in [2.75, 3.05) is 20.3 Å². The third-order valence-electron chi connectivity index (χ3n) is 4.38. The molecule has 0 aliphatic carbocycles. The summed E-state index contributed by atoms with van der Waals surface area (Å²) in [6.07, 6.45) is 7.29. The maximum absolute atomic E-state index is 10.0. The molecule has 0 saturated heterocycles. The smallest absolute Gasteiger partial charge is 0.161 e. The molecule has 1 atom stereocenters. The van der Waals surface area contributed by atoms with Crippen LogP contribution in [0.3, 0.4) is 0 Å². The van der Waals surface area contributed by atoms with E-state index in [4.69, 9.17) is 32.7 Å². The number of rotatable bonds is 8. The van der Waals surface area contributed by atoms with Crippen LogP contribution >= 0.6 is 23.2 Å². The quantitative estimate of drug-likeness (QED) is 0.581. The van der Waals surface area contributed by atoms with Gasteiger partial charge in [-0.15, -0.1) is 0 Å². The Balaban J connectivity index is 1.84. The van der Waals surface area contributed by atoms with E-state index < -0.39 is 5.92 Å². The third-order valence-corrected chi connectivity index (χ3v) is 4.98. The minimum atomic E-state index is -0.408. The van der Waals surface area contributed by atoms with Crippen LogP contribution in [0.1, 0.15) is 22.6 Å². The fourth-order valence-corrected chi connectivity index (χ4v) is 3.59. The molecule has 5 nitrogen and oxygen atoms in total. The van der Waals surface area contributed by atoms with Gasteiger partial charge in [-0.05, 0) is 29.3 Å². The molecule has 146 valence electrons. The number of aliphatic hydroxyl groups excluding tert-OH is 1. The maximum Gasteiger partial charge on any atom is 0.161 e. The summed E-state index contributed by atoms with van der Waals surface area (Å²) in [6, 6.07) is 9.40. The fraction of sp³-hybridized carbons (Fsp3) is 0.238. The highest BCUT2D eigenvalue weighted by molar-refractivity contribution is 6.35. The van der Waals surface area contributed by atoms with Crippen LogP contribution in [-0.4, -0.2) is 35.4 Å². The van der Waals surface area contributed by atoms with Gasteiger partial charge in [0.05, 0.1) is 30.4 Å². The topological polar surface area (TPSA) is 64.5 Å². The second kappa shape index (κ2) is 9.73. The van der Waals surface area contributed by atoms with E-state index in [-0.39, 0.29) is 6.61 Å². The second-order valence-electron chi connectivity index (χ2n) is 6.12. The van der Waals surface area contributed by atoms with Crippen LogP contribution in [0.4, 0.5) is 0 Å². The van der Waals surface area contributed by atoms with Gasteiger partial charge >= 0.3 is 0 Å². The van der Waals surface area contributed by atoms with Crippen LogP contribution in [0.5, 0.6) is 11.5 Å². The summed E-state index contributed by atoms with van der Waals surface area (Å²) in [5, 5.41) is 10.8. The molecule has 0 spiro atoms. The first kappa shape index (κ1) is 20.4. The van der Waals surface area contributed by atoms with E-state index >= 15 is 0 Å². The molecule has 1 aromatic carbocycles. The molecule has 7 heteroatoms. The van der Waals surface area contributed by atoms with Crippen molar-refractivity contribution in [1.29, 1.82) is 0 Å². The maximum atomic E-state index is 10.0. The number of pyridine rings is 2. The van der Waals surface area contributed by atoms with Crippen LogP contribution in [0.25, 0.3) is 0 Å². The van der Waals surface area contributed by atoms with E-state index in [1.54, 1.807) is 19.4 Å². The van der Waals surface area contributed by atoms with Crippen LogP contribution in [0, 0.1) is 0 Å². The standard InChI is InChI=1S/C21H20Cl2N2O3/c1-27-19-5-4-15(16(13-26)21-17(22)11-25-12-18(21)23)9-20(19)28-8-6-14-3-2-7-24-10-14/h2-5,7,9-12,16,26H,6,8,13H2,1H3. The van der Waals surface area contributed by atoms with Crippen molar-refractivity contribution in [1.82, 2.24) is 9.97 Å². The summed E-state index contributed by atoms with van der Waals surface area (Å²) < 4.78 is 11.4. The zero-order valence-electron chi connectivity index (χ0n) is 15.3. The summed E-state index contributed by atoms with van der Waals surface area (Å²) in [5.41, 5.74) is 2.53. The number of methoxy groups -OCH3 is 1. The number of halogens is 2. The predicted molar refractivity (Wildman–Crippen MR) is 110 cm³/mol. The van der Waals surface area contributed by atoms with Crippen molar-refractivity contribution in [2.24, 2.45) is 0 Å². The van der Waals surface area contributed by atoms with Gasteiger partial charge in [0.15, 0.2) is 11.5 Å². The van der Waals surface area contributed by atoms with Crippen LogP contribution in [-0.2, 0) is 6.42 Å². The van der Waals surface area contributed by atoms with Gasteiger partial charge in [-0.2, -0.15) is 0 Å². The van der Waals surface area contributed by atoms with E-state index in [1.165, 1.54) is 12.4 Å². The Morgan fingerprint density at radius 2 is 1.82 bits per heavy atom. The first-order chi connectivity index (χ1) is 13.6. The van der Waals surface area contributed by atoms with Crippen molar-refractivity contribution in [3.63, 3.8) is 0 Å². The Kier molecular flexibility index (Phi) is 7.09. The van der Waals surface area contributed by atoms with E-state index in [9.17, 15) is 5.11 Å². The minimum Gasteiger partial charge on any atom is -0.493 e. The number of benzene rings is 1. The Morgan fingerprint density at radius 3 is 2.46 bits per heavy atom. The van der Waals surface area contributed by atoms with Crippen molar-refractivity contribution in [3.8, 4) is 11.5 Å². The largest absolute Gasteiger partial charge is 0.493 e. The molecule has 0 amide bonds. The lowest BCUT2D eigenvalue weighted by Crippen LogP contribution is -2.09. The fourth-order valence-electron chi connectivity index (χ4n) is 2.97. The first-order valence-corrected chi connectivity index (χ1v) is 9.49. The molecule has 2 heterocycles. The lowest BCUT2D eigenvalue weighted by atomic mass is 9.92. The van der Waals surface area contributed by atoms with Gasteiger partial charge in [-0.3, -0.25) is 9.97 Å². The van der Waals surface area contributed by atoms with E-state index in [0.29, 0.717) is 40.1 Å². The molecule has 0 radical (unpaired) electrons. The highest BCUT2D eigenvalue weighted by atomic mass is 35.5. The molecule has 3 aromatic rings. The van der Waals surface area contributed by atoms with Crippen molar-refractivity contribution < 1.29 is 14.6 Å². The molecule has 2 aromatic heterocycles. The third kappa shape index (κ3) is 4.73. The minimum absolute atomic E-state index is 0.162. The van der Waals surface area contributed by atoms with Crippen molar-refractivity contribution in [2.45, 2.75) is 12.3 Å². The van der Waals surface area contributed by atoms with Gasteiger partial charge in [0.1, 0.15) is 0 Å². The molecule has 28 heavy (non-hydrogen) atoms. The number of hydrogen-bond donors (Lipinski definition) is 1. The highest BCUT2D eigenvalue weighted by Gasteiger charge is 2.21. The normalized spacial score (nSPS) is 11.9. The molecule has 3 rings (SSSR count). The van der Waals surface area contributed by atoms with Crippen LogP contribution in [0.2, 0.25) is 10.0 Å². The zero-order valence-corrected chi connectivity index (χ0v) is 16.8.